The van der Waals surface area contributed by atoms with E-state index in [9.17, 15) is 4.79 Å². The number of pyridine rings is 1. The van der Waals surface area contributed by atoms with Gasteiger partial charge < -0.3 is 10.1 Å². The van der Waals surface area contributed by atoms with Crippen molar-refractivity contribution in [3.63, 3.8) is 0 Å². The third kappa shape index (κ3) is 6.35. The topological polar surface area (TPSA) is 64.1 Å². The summed E-state index contributed by atoms with van der Waals surface area (Å²) in [4.78, 5) is 21.8. The normalized spacial score (nSPS) is 10.6. The van der Waals surface area contributed by atoms with Crippen LogP contribution in [-0.4, -0.2) is 35.3 Å². The predicted molar refractivity (Wildman–Crippen MR) is 115 cm³/mol. The van der Waals surface area contributed by atoms with Gasteiger partial charge in [-0.05, 0) is 42.8 Å². The average molecular weight is 414 g/mol. The minimum atomic E-state index is 0.0950. The Morgan fingerprint density at radius 2 is 1.96 bits per heavy atom. The van der Waals surface area contributed by atoms with E-state index in [4.69, 9.17) is 4.74 Å². The Morgan fingerprint density at radius 1 is 1.18 bits per heavy atom. The van der Waals surface area contributed by atoms with Gasteiger partial charge in [-0.25, -0.2) is 4.98 Å². The van der Waals surface area contributed by atoms with Gasteiger partial charge >= 0.3 is 0 Å². The first-order chi connectivity index (χ1) is 13.7. The summed E-state index contributed by atoms with van der Waals surface area (Å²) in [6.07, 6.45) is 5.82. The van der Waals surface area contributed by atoms with Gasteiger partial charge in [-0.15, -0.1) is 23.1 Å². The van der Waals surface area contributed by atoms with Crippen LogP contribution in [0, 0.1) is 0 Å². The van der Waals surface area contributed by atoms with Gasteiger partial charge in [0, 0.05) is 53.4 Å². The zero-order chi connectivity index (χ0) is 19.6. The monoisotopic (exact) mass is 413 g/mol. The van der Waals surface area contributed by atoms with Crippen molar-refractivity contribution in [2.75, 3.05) is 19.4 Å². The highest BCUT2D eigenvalue weighted by molar-refractivity contribution is 7.99. The van der Waals surface area contributed by atoms with Gasteiger partial charge in [-0.1, -0.05) is 0 Å². The van der Waals surface area contributed by atoms with Crippen LogP contribution in [-0.2, 0) is 11.2 Å². The second kappa shape index (κ2) is 10.8. The Morgan fingerprint density at radius 3 is 2.71 bits per heavy atom. The van der Waals surface area contributed by atoms with E-state index >= 15 is 0 Å². The van der Waals surface area contributed by atoms with Crippen molar-refractivity contribution in [2.24, 2.45) is 0 Å². The molecule has 0 spiro atoms. The summed E-state index contributed by atoms with van der Waals surface area (Å²) in [7, 11) is 1.65. The molecule has 146 valence electrons. The minimum absolute atomic E-state index is 0.0950. The number of methoxy groups -OCH3 is 1. The van der Waals surface area contributed by atoms with E-state index in [-0.39, 0.29) is 5.91 Å². The summed E-state index contributed by atoms with van der Waals surface area (Å²) >= 11 is 3.34. The number of benzene rings is 1. The molecule has 0 aliphatic heterocycles. The summed E-state index contributed by atoms with van der Waals surface area (Å²) in [5, 5.41) is 6.15. The Hall–Kier alpha value is -2.38. The molecule has 0 unspecified atom stereocenters. The summed E-state index contributed by atoms with van der Waals surface area (Å²) in [5.41, 5.74) is 2.07. The van der Waals surface area contributed by atoms with Crippen LogP contribution >= 0.6 is 23.1 Å². The van der Waals surface area contributed by atoms with Crippen molar-refractivity contribution >= 4 is 29.0 Å². The highest BCUT2D eigenvalue weighted by Crippen LogP contribution is 2.22. The van der Waals surface area contributed by atoms with E-state index in [1.165, 1.54) is 0 Å². The van der Waals surface area contributed by atoms with Crippen molar-refractivity contribution in [1.82, 2.24) is 15.3 Å². The Balaban J connectivity index is 1.30. The number of amides is 1. The molecule has 0 fully saturated rings. The molecule has 0 aliphatic carbocycles. The third-order valence-electron chi connectivity index (χ3n) is 4.07. The zero-order valence-corrected chi connectivity index (χ0v) is 17.4. The van der Waals surface area contributed by atoms with Crippen molar-refractivity contribution < 1.29 is 9.53 Å². The van der Waals surface area contributed by atoms with Crippen LogP contribution in [0.25, 0.3) is 11.3 Å². The van der Waals surface area contributed by atoms with Crippen LogP contribution in [0.5, 0.6) is 5.75 Å². The first-order valence-corrected chi connectivity index (χ1v) is 11.0. The molecule has 2 aromatic heterocycles. The molecule has 0 aliphatic rings. The fraction of sp³-hybridized carbons (Fsp3) is 0.286. The standard InChI is InChI=1S/C21H23N3O2S2/c1-26-17-4-6-18(7-5-17)27-14-10-20(25)23-11-2-3-21-24-19(15-28-21)16-8-12-22-13-9-16/h4-9,12-13,15H,2-3,10-11,14H2,1H3,(H,23,25). The number of hydrogen-bond acceptors (Lipinski definition) is 6. The number of nitrogens with zero attached hydrogens (tertiary/aromatic N) is 2. The van der Waals surface area contributed by atoms with E-state index in [0.29, 0.717) is 13.0 Å². The molecule has 0 saturated carbocycles. The number of ether oxygens (including phenoxy) is 1. The maximum atomic E-state index is 12.0. The number of aromatic nitrogens is 2. The Kier molecular flexibility index (Phi) is 7.87. The first-order valence-electron chi connectivity index (χ1n) is 9.13. The van der Waals surface area contributed by atoms with Gasteiger partial charge in [0.05, 0.1) is 17.8 Å². The molecule has 7 heteroatoms. The maximum absolute atomic E-state index is 12.0. The highest BCUT2D eigenvalue weighted by atomic mass is 32.2. The second-order valence-corrected chi connectivity index (χ2v) is 8.20. The van der Waals surface area contributed by atoms with Gasteiger partial charge in [-0.2, -0.15) is 0 Å². The SMILES string of the molecule is COc1ccc(SCCC(=O)NCCCc2nc(-c3ccncc3)cs2)cc1. The van der Waals surface area contributed by atoms with Crippen LogP contribution < -0.4 is 10.1 Å². The molecule has 3 aromatic rings. The van der Waals surface area contributed by atoms with E-state index in [2.05, 4.69) is 20.7 Å². The van der Waals surface area contributed by atoms with Crippen molar-refractivity contribution in [1.29, 1.82) is 0 Å². The van der Waals surface area contributed by atoms with Gasteiger partial charge in [0.25, 0.3) is 0 Å². The predicted octanol–water partition coefficient (Wildman–Crippen LogP) is 4.44. The van der Waals surface area contributed by atoms with E-state index in [0.717, 1.165) is 45.5 Å². The summed E-state index contributed by atoms with van der Waals surface area (Å²) in [5.74, 6) is 1.70. The highest BCUT2D eigenvalue weighted by Gasteiger charge is 2.06. The summed E-state index contributed by atoms with van der Waals surface area (Å²) < 4.78 is 5.14. The number of carbonyl (C=O) groups excluding carboxylic acids is 1. The molecule has 1 amide bonds. The Labute approximate surface area is 173 Å². The molecule has 1 N–H and O–H groups in total. The molecule has 0 bridgehead atoms. The fourth-order valence-electron chi connectivity index (χ4n) is 2.57. The zero-order valence-electron chi connectivity index (χ0n) is 15.8. The third-order valence-corrected chi connectivity index (χ3v) is 6.00. The lowest BCUT2D eigenvalue weighted by Gasteiger charge is -2.05. The van der Waals surface area contributed by atoms with Gasteiger partial charge in [-0.3, -0.25) is 9.78 Å². The van der Waals surface area contributed by atoms with E-state index in [1.807, 2.05) is 36.4 Å². The average Bonchev–Trinajstić information content (AvgIpc) is 3.21. The van der Waals surface area contributed by atoms with Crippen LogP contribution in [0.2, 0.25) is 0 Å². The van der Waals surface area contributed by atoms with Crippen LogP contribution in [0.15, 0.2) is 59.1 Å². The number of hydrogen-bond donors (Lipinski definition) is 1. The maximum Gasteiger partial charge on any atom is 0.220 e. The summed E-state index contributed by atoms with van der Waals surface area (Å²) in [6.45, 7) is 0.677. The van der Waals surface area contributed by atoms with Crippen molar-refractivity contribution in [2.45, 2.75) is 24.2 Å². The van der Waals surface area contributed by atoms with Crippen LogP contribution in [0.4, 0.5) is 0 Å². The first kappa shape index (κ1) is 20.4. The largest absolute Gasteiger partial charge is 0.497 e. The van der Waals surface area contributed by atoms with Crippen molar-refractivity contribution in [3.05, 3.63) is 59.2 Å². The molecule has 2 heterocycles. The second-order valence-electron chi connectivity index (χ2n) is 6.09. The van der Waals surface area contributed by atoms with Gasteiger partial charge in [0.15, 0.2) is 0 Å². The van der Waals surface area contributed by atoms with Gasteiger partial charge in [0.2, 0.25) is 5.91 Å². The number of carbonyl (C=O) groups is 1. The molecule has 3 rings (SSSR count). The number of aryl methyl sites for hydroxylation is 1. The lowest BCUT2D eigenvalue weighted by atomic mass is 10.2. The lowest BCUT2D eigenvalue weighted by molar-refractivity contribution is -0.120. The Bertz CT molecular complexity index is 867. The van der Waals surface area contributed by atoms with Crippen LogP contribution in [0.3, 0.4) is 0 Å². The van der Waals surface area contributed by atoms with Gasteiger partial charge in [0.1, 0.15) is 5.75 Å². The summed E-state index contributed by atoms with van der Waals surface area (Å²) in [6, 6.07) is 11.8. The quantitative estimate of drug-likeness (QED) is 0.393. The molecule has 0 saturated heterocycles. The van der Waals surface area contributed by atoms with E-state index in [1.54, 1.807) is 42.6 Å². The number of thioether (sulfide) groups is 1. The van der Waals surface area contributed by atoms with Crippen LogP contribution in [0.1, 0.15) is 17.8 Å². The number of nitrogens with one attached hydrogen (secondary N) is 1. The number of rotatable bonds is 10. The van der Waals surface area contributed by atoms with E-state index < -0.39 is 0 Å². The minimum Gasteiger partial charge on any atom is -0.497 e. The number of thiazole rings is 1. The van der Waals surface area contributed by atoms with Crippen molar-refractivity contribution in [3.8, 4) is 17.0 Å². The smallest absolute Gasteiger partial charge is 0.220 e. The lowest BCUT2D eigenvalue weighted by Crippen LogP contribution is -2.24. The molecular weight excluding hydrogens is 390 g/mol. The fourth-order valence-corrected chi connectivity index (χ4v) is 4.27. The molecule has 5 nitrogen and oxygen atoms in total. The molecule has 1 aromatic carbocycles. The molecule has 0 radical (unpaired) electrons. The molecular formula is C21H23N3O2S2. The molecule has 28 heavy (non-hydrogen) atoms. The molecule has 0 atom stereocenters.